The highest BCUT2D eigenvalue weighted by Gasteiger charge is 2.30. The fourth-order valence-electron chi connectivity index (χ4n) is 1.39. The molecule has 6 heteroatoms. The smallest absolute Gasteiger partial charge is 0.338 e. The van der Waals surface area contributed by atoms with E-state index in [1.165, 1.54) is 13.2 Å². The summed E-state index contributed by atoms with van der Waals surface area (Å²) in [6, 6.07) is 3.41. The van der Waals surface area contributed by atoms with Gasteiger partial charge in [0.15, 0.2) is 0 Å². The minimum atomic E-state index is -0.969. The summed E-state index contributed by atoms with van der Waals surface area (Å²) >= 11 is 0. The van der Waals surface area contributed by atoms with Gasteiger partial charge in [-0.25, -0.2) is 9.18 Å². The number of anilines is 1. The number of esters is 2. The molecule has 1 aromatic rings. The fourth-order valence-corrected chi connectivity index (χ4v) is 1.39. The van der Waals surface area contributed by atoms with Gasteiger partial charge in [0, 0.05) is 5.69 Å². The molecule has 0 aliphatic heterocycles. The average molecular weight is 269 g/mol. The molecule has 0 radical (unpaired) electrons. The van der Waals surface area contributed by atoms with Crippen molar-refractivity contribution in [3.05, 3.63) is 29.6 Å². The van der Waals surface area contributed by atoms with E-state index >= 15 is 0 Å². The Morgan fingerprint density at radius 1 is 1.32 bits per heavy atom. The summed E-state index contributed by atoms with van der Waals surface area (Å²) in [5.74, 6) is -1.87. The second-order valence-corrected chi connectivity index (χ2v) is 4.72. The Labute approximate surface area is 110 Å². The molecule has 0 amide bonds. The maximum Gasteiger partial charge on any atom is 0.338 e. The molecule has 1 aromatic carbocycles. The standard InChI is InChI=1S/C13H16FNO4/c1-13(2,12(17)18-3)7-19-11(16)8-4-9(14)6-10(15)5-8/h4-6H,7,15H2,1-3H3. The van der Waals surface area contributed by atoms with Gasteiger partial charge in [-0.15, -0.1) is 0 Å². The van der Waals surface area contributed by atoms with Gasteiger partial charge >= 0.3 is 11.9 Å². The highest BCUT2D eigenvalue weighted by atomic mass is 19.1. The van der Waals surface area contributed by atoms with Crippen molar-refractivity contribution in [3.8, 4) is 0 Å². The molecule has 2 N–H and O–H groups in total. The molecule has 0 aliphatic rings. The van der Waals surface area contributed by atoms with Gasteiger partial charge in [-0.05, 0) is 32.0 Å². The van der Waals surface area contributed by atoms with E-state index in [9.17, 15) is 14.0 Å². The number of benzene rings is 1. The van der Waals surface area contributed by atoms with Crippen LogP contribution in [0.15, 0.2) is 18.2 Å². The van der Waals surface area contributed by atoms with Crippen molar-refractivity contribution in [1.82, 2.24) is 0 Å². The zero-order valence-electron chi connectivity index (χ0n) is 11.0. The molecular formula is C13H16FNO4. The third kappa shape index (κ3) is 3.94. The van der Waals surface area contributed by atoms with E-state index in [1.807, 2.05) is 0 Å². The molecule has 0 heterocycles. The summed E-state index contributed by atoms with van der Waals surface area (Å²) in [7, 11) is 1.25. The molecule has 0 unspecified atom stereocenters. The number of methoxy groups -OCH3 is 1. The van der Waals surface area contributed by atoms with Gasteiger partial charge in [-0.2, -0.15) is 0 Å². The minimum absolute atomic E-state index is 0.00170. The number of carbonyl (C=O) groups excluding carboxylic acids is 2. The molecule has 0 aromatic heterocycles. The highest BCUT2D eigenvalue weighted by molar-refractivity contribution is 5.90. The van der Waals surface area contributed by atoms with Crippen LogP contribution in [0.3, 0.4) is 0 Å². The van der Waals surface area contributed by atoms with Crippen LogP contribution < -0.4 is 5.73 Å². The first kappa shape index (κ1) is 14.9. The minimum Gasteiger partial charge on any atom is -0.469 e. The Hall–Kier alpha value is -2.11. The highest BCUT2D eigenvalue weighted by Crippen LogP contribution is 2.19. The summed E-state index contributed by atoms with van der Waals surface area (Å²) in [6.45, 7) is 2.98. The van der Waals surface area contributed by atoms with Gasteiger partial charge < -0.3 is 15.2 Å². The van der Waals surface area contributed by atoms with Gasteiger partial charge in [0.1, 0.15) is 12.4 Å². The number of rotatable bonds is 4. The second kappa shape index (κ2) is 5.69. The van der Waals surface area contributed by atoms with E-state index in [-0.39, 0.29) is 17.9 Å². The van der Waals surface area contributed by atoms with Crippen LogP contribution in [0.25, 0.3) is 0 Å². The molecule has 0 fully saturated rings. The lowest BCUT2D eigenvalue weighted by Crippen LogP contribution is -2.32. The first-order valence-electron chi connectivity index (χ1n) is 5.58. The van der Waals surface area contributed by atoms with Crippen LogP contribution in [0.2, 0.25) is 0 Å². The predicted octanol–water partition coefficient (Wildman–Crippen LogP) is 1.76. The summed E-state index contributed by atoms with van der Waals surface area (Å²) in [5.41, 5.74) is 4.58. The number of nitrogens with two attached hydrogens (primary N) is 1. The van der Waals surface area contributed by atoms with Crippen LogP contribution in [-0.2, 0) is 14.3 Å². The number of hydrogen-bond acceptors (Lipinski definition) is 5. The summed E-state index contributed by atoms with van der Waals surface area (Å²) in [4.78, 5) is 23.1. The van der Waals surface area contributed by atoms with E-state index in [2.05, 4.69) is 4.74 Å². The van der Waals surface area contributed by atoms with E-state index in [0.717, 1.165) is 12.1 Å². The van der Waals surface area contributed by atoms with Gasteiger partial charge in [0.2, 0.25) is 0 Å². The molecule has 19 heavy (non-hydrogen) atoms. The molecule has 0 aliphatic carbocycles. The van der Waals surface area contributed by atoms with Crippen LogP contribution in [0.1, 0.15) is 24.2 Å². The van der Waals surface area contributed by atoms with Gasteiger partial charge in [0.25, 0.3) is 0 Å². The first-order valence-corrected chi connectivity index (χ1v) is 5.58. The quantitative estimate of drug-likeness (QED) is 0.665. The lowest BCUT2D eigenvalue weighted by Gasteiger charge is -2.20. The van der Waals surface area contributed by atoms with Crippen molar-refractivity contribution in [2.45, 2.75) is 13.8 Å². The van der Waals surface area contributed by atoms with Gasteiger partial charge in [-0.1, -0.05) is 0 Å². The Bertz CT molecular complexity index is 479. The Kier molecular flexibility index (Phi) is 4.47. The largest absolute Gasteiger partial charge is 0.469 e. The molecule has 0 saturated carbocycles. The van der Waals surface area contributed by atoms with Crippen molar-refractivity contribution in [1.29, 1.82) is 0 Å². The second-order valence-electron chi connectivity index (χ2n) is 4.72. The molecular weight excluding hydrogens is 253 g/mol. The Balaban J connectivity index is 2.73. The Morgan fingerprint density at radius 3 is 2.47 bits per heavy atom. The number of ether oxygens (including phenoxy) is 2. The zero-order chi connectivity index (χ0) is 14.6. The molecule has 1 rings (SSSR count). The molecule has 0 spiro atoms. The van der Waals surface area contributed by atoms with Gasteiger partial charge in [0.05, 0.1) is 18.1 Å². The monoisotopic (exact) mass is 269 g/mol. The van der Waals surface area contributed by atoms with Crippen LogP contribution in [-0.4, -0.2) is 25.7 Å². The fraction of sp³-hybridized carbons (Fsp3) is 0.385. The Morgan fingerprint density at radius 2 is 1.95 bits per heavy atom. The van der Waals surface area contributed by atoms with Crippen LogP contribution >= 0.6 is 0 Å². The normalized spacial score (nSPS) is 10.9. The van der Waals surface area contributed by atoms with Crippen molar-refractivity contribution >= 4 is 17.6 Å². The maximum absolute atomic E-state index is 13.1. The lowest BCUT2D eigenvalue weighted by atomic mass is 9.95. The maximum atomic E-state index is 13.1. The zero-order valence-corrected chi connectivity index (χ0v) is 11.0. The number of hydrogen-bond donors (Lipinski definition) is 1. The van der Waals surface area contributed by atoms with Crippen molar-refractivity contribution < 1.29 is 23.5 Å². The van der Waals surface area contributed by atoms with E-state index < -0.39 is 23.2 Å². The summed E-state index contributed by atoms with van der Waals surface area (Å²) in [6.07, 6.45) is 0. The van der Waals surface area contributed by atoms with Crippen molar-refractivity contribution in [2.24, 2.45) is 5.41 Å². The topological polar surface area (TPSA) is 78.6 Å². The predicted molar refractivity (Wildman–Crippen MR) is 66.9 cm³/mol. The van der Waals surface area contributed by atoms with E-state index in [4.69, 9.17) is 10.5 Å². The third-order valence-electron chi connectivity index (χ3n) is 2.46. The number of carbonyl (C=O) groups is 2. The molecule has 0 atom stereocenters. The van der Waals surface area contributed by atoms with Crippen LogP contribution in [0, 0.1) is 11.2 Å². The number of nitrogen functional groups attached to an aromatic ring is 1. The van der Waals surface area contributed by atoms with Crippen molar-refractivity contribution in [3.63, 3.8) is 0 Å². The number of halogens is 1. The molecule has 0 saturated heterocycles. The molecule has 5 nitrogen and oxygen atoms in total. The van der Waals surface area contributed by atoms with E-state index in [1.54, 1.807) is 13.8 Å². The molecule has 104 valence electrons. The van der Waals surface area contributed by atoms with Gasteiger partial charge in [-0.3, -0.25) is 4.79 Å². The SMILES string of the molecule is COC(=O)C(C)(C)COC(=O)c1cc(N)cc(F)c1. The summed E-state index contributed by atoms with van der Waals surface area (Å²) < 4.78 is 22.6. The average Bonchev–Trinajstić information content (AvgIpc) is 2.33. The lowest BCUT2D eigenvalue weighted by molar-refractivity contribution is -0.152. The van der Waals surface area contributed by atoms with Crippen molar-refractivity contribution in [2.75, 3.05) is 19.5 Å². The van der Waals surface area contributed by atoms with Crippen LogP contribution in [0.4, 0.5) is 10.1 Å². The van der Waals surface area contributed by atoms with Crippen LogP contribution in [0.5, 0.6) is 0 Å². The van der Waals surface area contributed by atoms with E-state index in [0.29, 0.717) is 0 Å². The summed E-state index contributed by atoms with van der Waals surface area (Å²) in [5, 5.41) is 0. The third-order valence-corrected chi connectivity index (χ3v) is 2.46. The molecule has 0 bridgehead atoms. The first-order chi connectivity index (χ1) is 8.76.